The van der Waals surface area contributed by atoms with Crippen molar-refractivity contribution in [1.82, 2.24) is 9.78 Å². The number of carbonyl (C=O) groups excluding carboxylic acids is 1. The topological polar surface area (TPSA) is 69.0 Å². The minimum absolute atomic E-state index is 0.169. The van der Waals surface area contributed by atoms with E-state index < -0.39 is 33.3 Å². The zero-order valence-corrected chi connectivity index (χ0v) is 9.55. The van der Waals surface area contributed by atoms with Crippen LogP contribution in [0, 0.1) is 0 Å². The Kier molecular flexibility index (Phi) is 3.60. The second-order valence-corrected chi connectivity index (χ2v) is 5.39. The SMILES string of the molecule is CCS(=O)(=O)c1c(C=O)cnn1CC(F)(F)F. The molecule has 96 valence electrons. The molecule has 0 aliphatic heterocycles. The molecule has 1 aromatic heterocycles. The number of hydrogen-bond acceptors (Lipinski definition) is 4. The van der Waals surface area contributed by atoms with Crippen molar-refractivity contribution in [3.8, 4) is 0 Å². The van der Waals surface area contributed by atoms with Gasteiger partial charge in [0.05, 0.1) is 17.5 Å². The Labute approximate surface area is 95.1 Å². The average Bonchev–Trinajstić information content (AvgIpc) is 2.58. The molecule has 1 aromatic rings. The highest BCUT2D eigenvalue weighted by Crippen LogP contribution is 2.22. The number of hydrogen-bond donors (Lipinski definition) is 0. The molecule has 1 rings (SSSR count). The third-order valence-corrected chi connectivity index (χ3v) is 3.74. The fourth-order valence-electron chi connectivity index (χ4n) is 1.23. The van der Waals surface area contributed by atoms with Gasteiger partial charge in [-0.3, -0.25) is 4.79 Å². The lowest BCUT2D eigenvalue weighted by Gasteiger charge is -2.10. The summed E-state index contributed by atoms with van der Waals surface area (Å²) in [6.07, 6.45) is -3.63. The smallest absolute Gasteiger partial charge is 0.298 e. The van der Waals surface area contributed by atoms with Crippen molar-refractivity contribution in [3.05, 3.63) is 11.8 Å². The maximum Gasteiger partial charge on any atom is 0.408 e. The quantitative estimate of drug-likeness (QED) is 0.767. The zero-order valence-electron chi connectivity index (χ0n) is 8.73. The van der Waals surface area contributed by atoms with E-state index in [4.69, 9.17) is 0 Å². The molecule has 0 spiro atoms. The van der Waals surface area contributed by atoms with E-state index in [2.05, 4.69) is 5.10 Å². The van der Waals surface area contributed by atoms with E-state index in [-0.39, 0.29) is 16.5 Å². The molecule has 0 atom stereocenters. The van der Waals surface area contributed by atoms with Crippen molar-refractivity contribution in [1.29, 1.82) is 0 Å². The van der Waals surface area contributed by atoms with Crippen LogP contribution in [0.4, 0.5) is 13.2 Å². The van der Waals surface area contributed by atoms with E-state index in [9.17, 15) is 26.4 Å². The molecule has 17 heavy (non-hydrogen) atoms. The molecular weight excluding hydrogens is 261 g/mol. The highest BCUT2D eigenvalue weighted by Gasteiger charge is 2.33. The molecule has 1 heterocycles. The number of halogens is 3. The number of nitrogens with zero attached hydrogens (tertiary/aromatic N) is 2. The van der Waals surface area contributed by atoms with Gasteiger partial charge in [0.15, 0.2) is 21.1 Å². The van der Waals surface area contributed by atoms with Gasteiger partial charge in [-0.2, -0.15) is 18.3 Å². The molecule has 0 fully saturated rings. The first kappa shape index (κ1) is 13.7. The summed E-state index contributed by atoms with van der Waals surface area (Å²) >= 11 is 0. The molecule has 0 aliphatic carbocycles. The predicted octanol–water partition coefficient (Wildman–Crippen LogP) is 1.05. The molecule has 5 nitrogen and oxygen atoms in total. The Morgan fingerprint density at radius 1 is 1.47 bits per heavy atom. The summed E-state index contributed by atoms with van der Waals surface area (Å²) in [7, 11) is -3.93. The molecule has 0 aromatic carbocycles. The third kappa shape index (κ3) is 3.05. The van der Waals surface area contributed by atoms with Crippen molar-refractivity contribution in [2.75, 3.05) is 5.75 Å². The fraction of sp³-hybridized carbons (Fsp3) is 0.500. The molecule has 0 amide bonds. The Balaban J connectivity index is 3.35. The first-order valence-corrected chi connectivity index (χ1v) is 6.17. The van der Waals surface area contributed by atoms with Crippen molar-refractivity contribution >= 4 is 16.1 Å². The second-order valence-electron chi connectivity index (χ2n) is 3.20. The largest absolute Gasteiger partial charge is 0.408 e. The van der Waals surface area contributed by atoms with Crippen molar-refractivity contribution in [3.63, 3.8) is 0 Å². The van der Waals surface area contributed by atoms with Gasteiger partial charge in [-0.1, -0.05) is 6.92 Å². The normalized spacial score (nSPS) is 12.7. The molecule has 0 radical (unpaired) electrons. The lowest BCUT2D eigenvalue weighted by Crippen LogP contribution is -2.23. The highest BCUT2D eigenvalue weighted by atomic mass is 32.2. The van der Waals surface area contributed by atoms with Crippen LogP contribution >= 0.6 is 0 Å². The van der Waals surface area contributed by atoms with E-state index in [1.165, 1.54) is 6.92 Å². The summed E-state index contributed by atoms with van der Waals surface area (Å²) in [6, 6.07) is 0. The van der Waals surface area contributed by atoms with Crippen LogP contribution in [0.5, 0.6) is 0 Å². The molecule has 0 saturated carbocycles. The summed E-state index contributed by atoms with van der Waals surface area (Å²) in [4.78, 5) is 10.6. The van der Waals surface area contributed by atoms with Gasteiger partial charge in [0.25, 0.3) is 0 Å². The van der Waals surface area contributed by atoms with E-state index in [0.717, 1.165) is 6.20 Å². The number of aldehydes is 1. The van der Waals surface area contributed by atoms with Gasteiger partial charge in [0.2, 0.25) is 0 Å². The lowest BCUT2D eigenvalue weighted by atomic mass is 10.4. The maximum atomic E-state index is 12.2. The number of aromatic nitrogens is 2. The Morgan fingerprint density at radius 3 is 2.47 bits per heavy atom. The van der Waals surface area contributed by atoms with E-state index in [1.807, 2.05) is 0 Å². The van der Waals surface area contributed by atoms with Gasteiger partial charge in [-0.25, -0.2) is 13.1 Å². The Hall–Kier alpha value is -1.38. The number of carbonyl (C=O) groups is 1. The van der Waals surface area contributed by atoms with Gasteiger partial charge in [0.1, 0.15) is 6.54 Å². The van der Waals surface area contributed by atoms with Crippen molar-refractivity contribution < 1.29 is 26.4 Å². The van der Waals surface area contributed by atoms with Gasteiger partial charge >= 0.3 is 6.18 Å². The van der Waals surface area contributed by atoms with Gasteiger partial charge in [-0.05, 0) is 0 Å². The molecular formula is C8H9F3N2O3S. The van der Waals surface area contributed by atoms with Crippen LogP contribution in [0.25, 0.3) is 0 Å². The van der Waals surface area contributed by atoms with Crippen LogP contribution < -0.4 is 0 Å². The Bertz CT molecular complexity index is 519. The molecule has 0 aliphatic rings. The predicted molar refractivity (Wildman–Crippen MR) is 51.4 cm³/mol. The second kappa shape index (κ2) is 4.47. The molecule has 0 bridgehead atoms. The van der Waals surface area contributed by atoms with Crippen LogP contribution in [0.1, 0.15) is 17.3 Å². The van der Waals surface area contributed by atoms with Crippen LogP contribution in [0.3, 0.4) is 0 Å². The summed E-state index contributed by atoms with van der Waals surface area (Å²) in [6.45, 7) is -0.274. The lowest BCUT2D eigenvalue weighted by molar-refractivity contribution is -0.144. The van der Waals surface area contributed by atoms with Crippen LogP contribution in [-0.4, -0.2) is 36.4 Å². The molecule has 9 heteroatoms. The fourth-order valence-corrected chi connectivity index (χ4v) is 2.39. The number of sulfone groups is 1. The van der Waals surface area contributed by atoms with Crippen LogP contribution in [0.2, 0.25) is 0 Å². The maximum absolute atomic E-state index is 12.2. The summed E-state index contributed by atoms with van der Waals surface area (Å²) in [5, 5.41) is 2.59. The van der Waals surface area contributed by atoms with Gasteiger partial charge in [-0.15, -0.1) is 0 Å². The summed E-state index contributed by atoms with van der Waals surface area (Å²) < 4.78 is 60.0. The molecule has 0 N–H and O–H groups in total. The van der Waals surface area contributed by atoms with Crippen molar-refractivity contribution in [2.45, 2.75) is 24.7 Å². The van der Waals surface area contributed by atoms with E-state index in [1.54, 1.807) is 0 Å². The van der Waals surface area contributed by atoms with E-state index in [0.29, 0.717) is 0 Å². The van der Waals surface area contributed by atoms with Gasteiger partial charge in [0, 0.05) is 0 Å². The van der Waals surface area contributed by atoms with Crippen molar-refractivity contribution in [2.24, 2.45) is 0 Å². The number of alkyl halides is 3. The first-order chi connectivity index (χ1) is 7.71. The first-order valence-electron chi connectivity index (χ1n) is 4.51. The van der Waals surface area contributed by atoms with Crippen LogP contribution in [0.15, 0.2) is 11.2 Å². The molecule has 0 saturated heterocycles. The average molecular weight is 270 g/mol. The van der Waals surface area contributed by atoms with E-state index >= 15 is 0 Å². The van der Waals surface area contributed by atoms with Gasteiger partial charge < -0.3 is 0 Å². The molecule has 0 unspecified atom stereocenters. The summed E-state index contributed by atoms with van der Waals surface area (Å²) in [5.41, 5.74) is -0.365. The zero-order chi connectivity index (χ0) is 13.3. The minimum atomic E-state index is -4.61. The highest BCUT2D eigenvalue weighted by molar-refractivity contribution is 7.91. The Morgan fingerprint density at radius 2 is 2.06 bits per heavy atom. The summed E-state index contributed by atoms with van der Waals surface area (Å²) in [5.74, 6) is -0.405. The number of rotatable bonds is 4. The standard InChI is InChI=1S/C8H9F3N2O3S/c1-2-17(15,16)7-6(4-14)3-12-13(7)5-8(9,10)11/h3-4H,2,5H2,1H3. The minimum Gasteiger partial charge on any atom is -0.298 e. The monoisotopic (exact) mass is 270 g/mol. The van der Waals surface area contributed by atoms with Crippen LogP contribution in [-0.2, 0) is 16.4 Å². The third-order valence-electron chi connectivity index (χ3n) is 1.95.